The Balaban J connectivity index is 1.85. The SMILES string of the molecule is CCCCCCCCCCCCCCCC/C=C/CO[C@@H](CO)[C@H]1OC[C@@H](O)[C@H]1O. The van der Waals surface area contributed by atoms with Gasteiger partial charge in [0.2, 0.25) is 0 Å². The lowest BCUT2D eigenvalue weighted by Crippen LogP contribution is -2.42. The molecule has 0 bridgehead atoms. The van der Waals surface area contributed by atoms with Gasteiger partial charge in [-0.1, -0.05) is 103 Å². The summed E-state index contributed by atoms with van der Waals surface area (Å²) in [7, 11) is 0. The number of hydrogen-bond acceptors (Lipinski definition) is 5. The Labute approximate surface area is 184 Å². The number of hydrogen-bond donors (Lipinski definition) is 3. The molecule has 0 aromatic rings. The van der Waals surface area contributed by atoms with Gasteiger partial charge in [-0.25, -0.2) is 0 Å². The van der Waals surface area contributed by atoms with Crippen molar-refractivity contribution in [3.05, 3.63) is 12.2 Å². The van der Waals surface area contributed by atoms with Crippen LogP contribution < -0.4 is 0 Å². The third-order valence-electron chi connectivity index (χ3n) is 6.03. The van der Waals surface area contributed by atoms with Gasteiger partial charge in [0.25, 0.3) is 0 Å². The third kappa shape index (κ3) is 13.1. The molecule has 5 nitrogen and oxygen atoms in total. The van der Waals surface area contributed by atoms with Crippen LogP contribution in [0.1, 0.15) is 103 Å². The van der Waals surface area contributed by atoms with Gasteiger partial charge < -0.3 is 24.8 Å². The van der Waals surface area contributed by atoms with E-state index < -0.39 is 24.4 Å². The Bertz CT molecular complexity index is 401. The smallest absolute Gasteiger partial charge is 0.114 e. The van der Waals surface area contributed by atoms with Gasteiger partial charge >= 0.3 is 0 Å². The molecule has 0 aromatic heterocycles. The molecule has 1 heterocycles. The number of unbranched alkanes of at least 4 members (excludes halogenated alkanes) is 14. The predicted octanol–water partition coefficient (Wildman–Crippen LogP) is 4.91. The van der Waals surface area contributed by atoms with E-state index in [1.54, 1.807) is 0 Å². The van der Waals surface area contributed by atoms with Crippen molar-refractivity contribution in [3.63, 3.8) is 0 Å². The summed E-state index contributed by atoms with van der Waals surface area (Å²) in [6, 6.07) is 0. The monoisotopic (exact) mass is 428 g/mol. The Morgan fingerprint density at radius 1 is 0.833 bits per heavy atom. The molecule has 0 unspecified atom stereocenters. The molecule has 1 saturated heterocycles. The quantitative estimate of drug-likeness (QED) is 0.190. The number of allylic oxidation sites excluding steroid dienone is 1. The lowest BCUT2D eigenvalue weighted by Gasteiger charge is -2.23. The van der Waals surface area contributed by atoms with E-state index in [-0.39, 0.29) is 13.2 Å². The van der Waals surface area contributed by atoms with Gasteiger partial charge in [0.05, 0.1) is 19.8 Å². The Kier molecular flexibility index (Phi) is 17.7. The molecule has 4 atom stereocenters. The fourth-order valence-corrected chi connectivity index (χ4v) is 4.03. The van der Waals surface area contributed by atoms with Crippen LogP contribution in [0.5, 0.6) is 0 Å². The molecule has 0 amide bonds. The minimum Gasteiger partial charge on any atom is -0.394 e. The molecule has 1 rings (SSSR count). The highest BCUT2D eigenvalue weighted by Gasteiger charge is 2.40. The van der Waals surface area contributed by atoms with Crippen molar-refractivity contribution in [1.29, 1.82) is 0 Å². The summed E-state index contributed by atoms with van der Waals surface area (Å²) >= 11 is 0. The van der Waals surface area contributed by atoms with Crippen molar-refractivity contribution >= 4 is 0 Å². The summed E-state index contributed by atoms with van der Waals surface area (Å²) in [5.74, 6) is 0. The molecular weight excluding hydrogens is 380 g/mol. The summed E-state index contributed by atoms with van der Waals surface area (Å²) in [5, 5.41) is 28.8. The van der Waals surface area contributed by atoms with E-state index in [9.17, 15) is 15.3 Å². The summed E-state index contributed by atoms with van der Waals surface area (Å²) in [6.45, 7) is 2.50. The maximum atomic E-state index is 9.83. The highest BCUT2D eigenvalue weighted by Crippen LogP contribution is 2.19. The number of aliphatic hydroxyl groups excluding tert-OH is 3. The van der Waals surface area contributed by atoms with Gasteiger partial charge in [-0.2, -0.15) is 0 Å². The Morgan fingerprint density at radius 2 is 1.37 bits per heavy atom. The van der Waals surface area contributed by atoms with E-state index in [0.717, 1.165) is 6.42 Å². The Morgan fingerprint density at radius 3 is 1.83 bits per heavy atom. The molecule has 30 heavy (non-hydrogen) atoms. The highest BCUT2D eigenvalue weighted by atomic mass is 16.6. The van der Waals surface area contributed by atoms with E-state index in [2.05, 4.69) is 13.0 Å². The topological polar surface area (TPSA) is 79.2 Å². The maximum Gasteiger partial charge on any atom is 0.114 e. The number of ether oxygens (including phenoxy) is 2. The molecule has 1 aliphatic rings. The first-order valence-electron chi connectivity index (χ1n) is 12.6. The van der Waals surface area contributed by atoms with Crippen LogP contribution in [0.4, 0.5) is 0 Å². The van der Waals surface area contributed by atoms with Gasteiger partial charge in [-0.05, 0) is 12.8 Å². The van der Waals surface area contributed by atoms with Crippen LogP contribution in [0, 0.1) is 0 Å². The second-order valence-corrected chi connectivity index (χ2v) is 8.77. The van der Waals surface area contributed by atoms with Crippen LogP contribution in [0.2, 0.25) is 0 Å². The first kappa shape index (κ1) is 27.6. The fraction of sp³-hybridized carbons (Fsp3) is 0.920. The maximum absolute atomic E-state index is 9.83. The largest absolute Gasteiger partial charge is 0.394 e. The van der Waals surface area contributed by atoms with Crippen LogP contribution in [-0.2, 0) is 9.47 Å². The van der Waals surface area contributed by atoms with Crippen LogP contribution in [0.15, 0.2) is 12.2 Å². The highest BCUT2D eigenvalue weighted by molar-refractivity contribution is 4.89. The molecule has 0 aliphatic carbocycles. The summed E-state index contributed by atoms with van der Waals surface area (Å²) in [4.78, 5) is 0. The first-order chi connectivity index (χ1) is 14.7. The summed E-state index contributed by atoms with van der Waals surface area (Å²) in [5.41, 5.74) is 0. The van der Waals surface area contributed by atoms with E-state index in [1.165, 1.54) is 89.9 Å². The summed E-state index contributed by atoms with van der Waals surface area (Å²) in [6.07, 6.45) is 21.2. The molecule has 178 valence electrons. The van der Waals surface area contributed by atoms with Crippen LogP contribution in [0.25, 0.3) is 0 Å². The van der Waals surface area contributed by atoms with Crippen molar-refractivity contribution in [2.75, 3.05) is 19.8 Å². The van der Waals surface area contributed by atoms with Crippen LogP contribution in [0.3, 0.4) is 0 Å². The van der Waals surface area contributed by atoms with Gasteiger partial charge in [0.1, 0.15) is 24.4 Å². The van der Waals surface area contributed by atoms with Gasteiger partial charge in [-0.15, -0.1) is 0 Å². The zero-order valence-corrected chi connectivity index (χ0v) is 19.4. The van der Waals surface area contributed by atoms with E-state index in [4.69, 9.17) is 9.47 Å². The van der Waals surface area contributed by atoms with Crippen molar-refractivity contribution in [1.82, 2.24) is 0 Å². The average molecular weight is 429 g/mol. The fourth-order valence-electron chi connectivity index (χ4n) is 4.03. The van der Waals surface area contributed by atoms with E-state index in [1.807, 2.05) is 6.08 Å². The third-order valence-corrected chi connectivity index (χ3v) is 6.03. The molecule has 0 aromatic carbocycles. The lowest BCUT2D eigenvalue weighted by molar-refractivity contribution is -0.0942. The number of aliphatic hydroxyl groups is 3. The minimum atomic E-state index is -0.998. The van der Waals surface area contributed by atoms with Crippen molar-refractivity contribution in [3.8, 4) is 0 Å². The molecule has 1 fully saturated rings. The second kappa shape index (κ2) is 19.2. The lowest BCUT2D eigenvalue weighted by atomic mass is 10.0. The standard InChI is InChI=1S/C25H48O5/c1-2-3-4-5-6-7-8-9-10-11-12-13-14-15-16-17-18-19-29-23(20-26)25-24(28)22(27)21-30-25/h17-18,22-28H,2-16,19-21H2,1H3/b18-17+/t22-,23+,24-,25-/m1/s1. The molecule has 0 saturated carbocycles. The molecule has 1 aliphatic heterocycles. The van der Waals surface area contributed by atoms with Crippen molar-refractivity contribution in [2.45, 2.75) is 128 Å². The zero-order chi connectivity index (χ0) is 21.9. The Hall–Kier alpha value is -0.460. The van der Waals surface area contributed by atoms with Gasteiger partial charge in [-0.3, -0.25) is 0 Å². The minimum absolute atomic E-state index is 0.0840. The first-order valence-corrected chi connectivity index (χ1v) is 12.6. The van der Waals surface area contributed by atoms with Crippen LogP contribution in [-0.4, -0.2) is 59.6 Å². The van der Waals surface area contributed by atoms with Gasteiger partial charge in [0, 0.05) is 0 Å². The van der Waals surface area contributed by atoms with Gasteiger partial charge in [0.15, 0.2) is 0 Å². The van der Waals surface area contributed by atoms with Crippen LogP contribution >= 0.6 is 0 Å². The van der Waals surface area contributed by atoms with E-state index >= 15 is 0 Å². The molecule has 5 heteroatoms. The summed E-state index contributed by atoms with van der Waals surface area (Å²) < 4.78 is 10.9. The van der Waals surface area contributed by atoms with Crippen molar-refractivity contribution < 1.29 is 24.8 Å². The molecular formula is C25H48O5. The molecule has 0 radical (unpaired) electrons. The normalized spacial score (nSPS) is 22.9. The predicted molar refractivity (Wildman–Crippen MR) is 123 cm³/mol. The van der Waals surface area contributed by atoms with Crippen molar-refractivity contribution in [2.24, 2.45) is 0 Å². The number of rotatable bonds is 20. The second-order valence-electron chi connectivity index (χ2n) is 8.77. The molecule has 3 N–H and O–H groups in total. The zero-order valence-electron chi connectivity index (χ0n) is 19.4. The van der Waals surface area contributed by atoms with E-state index in [0.29, 0.717) is 6.61 Å². The average Bonchev–Trinajstić information content (AvgIpc) is 3.08. The molecule has 0 spiro atoms.